The fourth-order valence-electron chi connectivity index (χ4n) is 6.53. The van der Waals surface area contributed by atoms with Crippen molar-refractivity contribution in [1.82, 2.24) is 0 Å². The topological polar surface area (TPSA) is 29.5 Å². The maximum Gasteiger partial charge on any atom is 0.123 e. The second-order valence-corrected chi connectivity index (χ2v) is 8.67. The maximum absolute atomic E-state index is 11.0. The minimum absolute atomic E-state index is 0.0959. The van der Waals surface area contributed by atoms with Crippen LogP contribution >= 0.6 is 0 Å². The second kappa shape index (κ2) is 5.28. The van der Waals surface area contributed by atoms with Gasteiger partial charge in [-0.15, -0.1) is 0 Å². The van der Waals surface area contributed by atoms with Crippen molar-refractivity contribution >= 4 is 10.8 Å². The summed E-state index contributed by atoms with van der Waals surface area (Å²) in [7, 11) is 1.68. The van der Waals surface area contributed by atoms with Crippen LogP contribution in [0.2, 0.25) is 0 Å². The molecule has 3 fully saturated rings. The summed E-state index contributed by atoms with van der Waals surface area (Å²) in [4.78, 5) is 0. The van der Waals surface area contributed by atoms with Crippen molar-refractivity contribution < 1.29 is 9.84 Å². The molecule has 4 aliphatic carbocycles. The molecular weight excluding hydrogens is 332 g/mol. The van der Waals surface area contributed by atoms with Crippen molar-refractivity contribution in [3.05, 3.63) is 59.7 Å². The first-order valence-electron chi connectivity index (χ1n) is 10.2. The summed E-state index contributed by atoms with van der Waals surface area (Å²) in [5, 5.41) is 13.0. The van der Waals surface area contributed by atoms with Gasteiger partial charge in [-0.2, -0.15) is 0 Å². The van der Waals surface area contributed by atoms with Gasteiger partial charge in [-0.05, 0) is 83.0 Å². The van der Waals surface area contributed by atoms with E-state index in [1.807, 2.05) is 12.1 Å². The van der Waals surface area contributed by atoms with E-state index in [1.165, 1.54) is 54.4 Å². The number of benzene rings is 3. The van der Waals surface area contributed by atoms with Crippen molar-refractivity contribution in [2.75, 3.05) is 7.11 Å². The first-order chi connectivity index (χ1) is 13.2. The Hall–Kier alpha value is -2.48. The zero-order valence-electron chi connectivity index (χ0n) is 15.7. The zero-order valence-corrected chi connectivity index (χ0v) is 15.7. The lowest BCUT2D eigenvalue weighted by molar-refractivity contribution is 0.0944. The largest absolute Gasteiger partial charge is 0.507 e. The molecule has 1 N–H and O–H groups in total. The Labute approximate surface area is 159 Å². The smallest absolute Gasteiger partial charge is 0.123 e. The molecule has 2 bridgehead atoms. The molecule has 27 heavy (non-hydrogen) atoms. The first kappa shape index (κ1) is 15.6. The fourth-order valence-corrected chi connectivity index (χ4v) is 6.53. The third kappa shape index (κ3) is 1.86. The van der Waals surface area contributed by atoms with Crippen molar-refractivity contribution in [3.63, 3.8) is 0 Å². The number of methoxy groups -OCH3 is 1. The average Bonchev–Trinajstić information content (AvgIpc) is 2.99. The Morgan fingerprint density at radius 1 is 0.926 bits per heavy atom. The average molecular weight is 356 g/mol. The molecule has 3 saturated carbocycles. The molecule has 3 aromatic rings. The van der Waals surface area contributed by atoms with Gasteiger partial charge in [-0.1, -0.05) is 37.1 Å². The lowest BCUT2D eigenvalue weighted by Crippen LogP contribution is -2.44. The van der Waals surface area contributed by atoms with E-state index < -0.39 is 0 Å². The molecule has 136 valence electrons. The van der Waals surface area contributed by atoms with Crippen LogP contribution < -0.4 is 4.74 Å². The number of rotatable bonds is 1. The van der Waals surface area contributed by atoms with Crippen molar-refractivity contribution in [2.24, 2.45) is 11.8 Å². The fraction of sp³-hybridized carbons (Fsp3) is 0.360. The van der Waals surface area contributed by atoms with Crippen molar-refractivity contribution in [1.29, 1.82) is 0 Å². The summed E-state index contributed by atoms with van der Waals surface area (Å²) < 4.78 is 5.41. The molecule has 1 atom stereocenters. The maximum atomic E-state index is 11.0. The van der Waals surface area contributed by atoms with E-state index >= 15 is 0 Å². The molecule has 7 rings (SSSR count). The summed E-state index contributed by atoms with van der Waals surface area (Å²) in [5.74, 6) is 2.69. The van der Waals surface area contributed by atoms with Gasteiger partial charge < -0.3 is 9.84 Å². The minimum atomic E-state index is 0.0959. The number of aromatic hydroxyl groups is 1. The first-order valence-corrected chi connectivity index (χ1v) is 10.2. The number of hydrogen-bond acceptors (Lipinski definition) is 2. The van der Waals surface area contributed by atoms with Crippen LogP contribution in [0.3, 0.4) is 0 Å². The van der Waals surface area contributed by atoms with Crippen molar-refractivity contribution in [3.8, 4) is 22.6 Å². The van der Waals surface area contributed by atoms with Gasteiger partial charge in [0.05, 0.1) is 7.11 Å². The molecule has 1 spiro atoms. The predicted octanol–water partition coefficient (Wildman–Crippen LogP) is 6.03. The van der Waals surface area contributed by atoms with Gasteiger partial charge in [0.25, 0.3) is 0 Å². The summed E-state index contributed by atoms with van der Waals surface area (Å²) in [5.41, 5.74) is 5.67. The van der Waals surface area contributed by atoms with Gasteiger partial charge in [0.1, 0.15) is 11.5 Å². The van der Waals surface area contributed by atoms with E-state index in [2.05, 4.69) is 36.4 Å². The van der Waals surface area contributed by atoms with Gasteiger partial charge >= 0.3 is 0 Å². The minimum Gasteiger partial charge on any atom is -0.507 e. The highest BCUT2D eigenvalue weighted by Crippen LogP contribution is 2.64. The summed E-state index contributed by atoms with van der Waals surface area (Å²) in [6, 6.07) is 17.2. The van der Waals surface area contributed by atoms with Gasteiger partial charge in [0.2, 0.25) is 0 Å². The zero-order chi connectivity index (χ0) is 18.2. The Morgan fingerprint density at radius 3 is 2.48 bits per heavy atom. The Morgan fingerprint density at radius 2 is 1.74 bits per heavy atom. The summed E-state index contributed by atoms with van der Waals surface area (Å²) in [6.45, 7) is 0. The van der Waals surface area contributed by atoms with Crippen LogP contribution in [0.1, 0.15) is 43.2 Å². The molecule has 0 heterocycles. The van der Waals surface area contributed by atoms with Crippen molar-refractivity contribution in [2.45, 2.75) is 37.5 Å². The van der Waals surface area contributed by atoms with E-state index in [1.54, 1.807) is 7.11 Å². The summed E-state index contributed by atoms with van der Waals surface area (Å²) in [6.07, 6.45) is 6.63. The van der Waals surface area contributed by atoms with Crippen LogP contribution in [0.5, 0.6) is 11.5 Å². The molecule has 0 aliphatic heterocycles. The molecular formula is C25H24O2. The normalized spacial score (nSPS) is 27.7. The monoisotopic (exact) mass is 356 g/mol. The number of ether oxygens (including phenoxy) is 1. The van der Waals surface area contributed by atoms with E-state index in [9.17, 15) is 5.11 Å². The standard InChI is InChI=1S/C25H24O2/c1-27-17-10-11-18-20(12-17)23(26)13-22-24(18)19-4-2-3-5-21(19)25(22)14-15-6-8-16(25)9-7-15/h2-5,10-13,15-16,26H,6-9,14H2,1H3. The quantitative estimate of drug-likeness (QED) is 0.577. The van der Waals surface area contributed by atoms with Gasteiger partial charge in [0.15, 0.2) is 0 Å². The predicted molar refractivity (Wildman–Crippen MR) is 108 cm³/mol. The lowest BCUT2D eigenvalue weighted by atomic mass is 9.52. The SMILES string of the molecule is COc1ccc2c3c(cc(O)c2c1)C1(CC2CCC1CC2)c1ccccc1-3. The molecule has 2 nitrogen and oxygen atoms in total. The third-order valence-corrected chi connectivity index (χ3v) is 7.63. The molecule has 0 radical (unpaired) electrons. The number of fused-ring (bicyclic) bond motifs is 7. The number of phenolic OH excluding ortho intramolecular Hbond substituents is 1. The molecule has 0 saturated heterocycles. The van der Waals surface area contributed by atoms with E-state index in [0.717, 1.165) is 22.4 Å². The van der Waals surface area contributed by atoms with Crippen LogP contribution in [-0.2, 0) is 5.41 Å². The Kier molecular flexibility index (Phi) is 3.05. The highest BCUT2D eigenvalue weighted by atomic mass is 16.5. The molecule has 3 aromatic carbocycles. The molecule has 0 aromatic heterocycles. The van der Waals surface area contributed by atoms with Crippen LogP contribution in [0.25, 0.3) is 21.9 Å². The third-order valence-electron chi connectivity index (χ3n) is 7.63. The van der Waals surface area contributed by atoms with E-state index in [4.69, 9.17) is 4.74 Å². The lowest BCUT2D eigenvalue weighted by Gasteiger charge is -2.51. The van der Waals surface area contributed by atoms with E-state index in [-0.39, 0.29) is 5.41 Å². The number of phenols is 1. The van der Waals surface area contributed by atoms with Gasteiger partial charge in [0, 0.05) is 10.8 Å². The van der Waals surface area contributed by atoms with Gasteiger partial charge in [-0.25, -0.2) is 0 Å². The molecule has 1 unspecified atom stereocenters. The summed E-state index contributed by atoms with van der Waals surface area (Å²) >= 11 is 0. The molecule has 4 aliphatic rings. The molecule has 0 amide bonds. The highest BCUT2D eigenvalue weighted by molar-refractivity contribution is 6.05. The molecule has 2 heteroatoms. The van der Waals surface area contributed by atoms with Crippen LogP contribution in [0.4, 0.5) is 0 Å². The van der Waals surface area contributed by atoms with Crippen LogP contribution in [-0.4, -0.2) is 12.2 Å². The Balaban J connectivity index is 1.73. The number of hydrogen-bond donors (Lipinski definition) is 1. The second-order valence-electron chi connectivity index (χ2n) is 8.67. The Bertz CT molecular complexity index is 1080. The van der Waals surface area contributed by atoms with E-state index in [0.29, 0.717) is 11.7 Å². The highest BCUT2D eigenvalue weighted by Gasteiger charge is 2.54. The van der Waals surface area contributed by atoms with Gasteiger partial charge in [-0.3, -0.25) is 0 Å². The van der Waals surface area contributed by atoms with Crippen LogP contribution in [0.15, 0.2) is 48.5 Å². The van der Waals surface area contributed by atoms with Crippen LogP contribution in [0, 0.1) is 11.8 Å².